The average molecular weight is 444 g/mol. The number of hydrogen-bond donors (Lipinski definition) is 2. The first kappa shape index (κ1) is 22.5. The molecule has 164 valence electrons. The molecule has 2 aromatic carbocycles. The van der Waals surface area contributed by atoms with Crippen molar-refractivity contribution in [1.29, 1.82) is 0 Å². The van der Waals surface area contributed by atoms with Gasteiger partial charge in [0.2, 0.25) is 5.43 Å². The Balaban J connectivity index is 2.03. The van der Waals surface area contributed by atoms with Gasteiger partial charge in [-0.25, -0.2) is 8.42 Å². The number of aromatic nitrogens is 1. The molecule has 0 aliphatic carbocycles. The quantitative estimate of drug-likeness (QED) is 0.519. The second-order valence-electron chi connectivity index (χ2n) is 6.94. The number of anilines is 1. The molecule has 31 heavy (non-hydrogen) atoms. The summed E-state index contributed by atoms with van der Waals surface area (Å²) in [7, 11) is -0.929. The molecule has 2 N–H and O–H groups in total. The Morgan fingerprint density at radius 3 is 2.65 bits per heavy atom. The number of pyridine rings is 1. The molecular formula is C22H25N3O5S. The van der Waals surface area contributed by atoms with E-state index in [4.69, 9.17) is 4.74 Å². The second-order valence-corrected chi connectivity index (χ2v) is 8.91. The molecule has 3 aromatic rings. The Labute approximate surface area is 180 Å². The number of methoxy groups -OCH3 is 1. The third kappa shape index (κ3) is 4.47. The van der Waals surface area contributed by atoms with Gasteiger partial charge in [-0.2, -0.15) is 0 Å². The summed E-state index contributed by atoms with van der Waals surface area (Å²) in [4.78, 5) is 28.1. The number of H-pyrrole nitrogens is 1. The molecular weight excluding hydrogens is 418 g/mol. The number of aromatic amines is 1. The number of carbonyl (C=O) groups is 1. The highest BCUT2D eigenvalue weighted by Crippen LogP contribution is 2.27. The molecule has 0 saturated carbocycles. The van der Waals surface area contributed by atoms with E-state index in [2.05, 4.69) is 10.3 Å². The van der Waals surface area contributed by atoms with Crippen LogP contribution in [0, 0.1) is 0 Å². The number of fused-ring (bicyclic) bond motifs is 1. The normalized spacial score (nSPS) is 11.5. The van der Waals surface area contributed by atoms with Gasteiger partial charge in [-0.05, 0) is 36.2 Å². The van der Waals surface area contributed by atoms with Crippen LogP contribution in [-0.2, 0) is 21.2 Å². The molecule has 1 aromatic heterocycles. The minimum absolute atomic E-state index is 0.0316. The summed E-state index contributed by atoms with van der Waals surface area (Å²) in [6.45, 7) is 2.52. The number of amides is 1. The van der Waals surface area contributed by atoms with Crippen LogP contribution in [0.3, 0.4) is 0 Å². The van der Waals surface area contributed by atoms with Crippen molar-refractivity contribution in [3.8, 4) is 0 Å². The lowest BCUT2D eigenvalue weighted by Gasteiger charge is -2.22. The molecule has 1 amide bonds. The lowest BCUT2D eigenvalue weighted by atomic mass is 10.1. The summed E-state index contributed by atoms with van der Waals surface area (Å²) in [5.74, 6) is -0.553. The number of nitrogens with zero attached hydrogens (tertiary/aromatic N) is 1. The third-order valence-electron chi connectivity index (χ3n) is 5.06. The van der Waals surface area contributed by atoms with Crippen molar-refractivity contribution in [2.45, 2.75) is 18.2 Å². The lowest BCUT2D eigenvalue weighted by Crippen LogP contribution is -2.31. The fraction of sp³-hybridized carbons (Fsp3) is 0.273. The van der Waals surface area contributed by atoms with Crippen LogP contribution >= 0.6 is 0 Å². The maximum Gasteiger partial charge on any atom is 0.264 e. The van der Waals surface area contributed by atoms with E-state index in [-0.39, 0.29) is 22.4 Å². The van der Waals surface area contributed by atoms with Gasteiger partial charge in [0.15, 0.2) is 0 Å². The summed E-state index contributed by atoms with van der Waals surface area (Å²) in [6.07, 6.45) is 2.00. The van der Waals surface area contributed by atoms with Crippen molar-refractivity contribution < 1.29 is 17.9 Å². The number of ether oxygens (including phenoxy) is 1. The van der Waals surface area contributed by atoms with Crippen molar-refractivity contribution in [1.82, 2.24) is 10.3 Å². The molecule has 0 saturated heterocycles. The van der Waals surface area contributed by atoms with Crippen molar-refractivity contribution >= 4 is 32.5 Å². The SMILES string of the molecule is CCc1ccccc1N(C)S(=O)(=O)c1ccc2[nH]cc(C(=O)NCCOC)c(=O)c2c1. The highest BCUT2D eigenvalue weighted by molar-refractivity contribution is 7.92. The lowest BCUT2D eigenvalue weighted by molar-refractivity contribution is 0.0936. The molecule has 3 rings (SSSR count). The number of rotatable bonds is 8. The second kappa shape index (κ2) is 9.32. The van der Waals surface area contributed by atoms with E-state index in [9.17, 15) is 18.0 Å². The largest absolute Gasteiger partial charge is 0.383 e. The first-order chi connectivity index (χ1) is 14.8. The van der Waals surface area contributed by atoms with Crippen LogP contribution in [0.25, 0.3) is 10.9 Å². The van der Waals surface area contributed by atoms with Gasteiger partial charge in [0.05, 0.1) is 17.2 Å². The zero-order chi connectivity index (χ0) is 22.6. The molecule has 0 bridgehead atoms. The van der Waals surface area contributed by atoms with Crippen LogP contribution in [0.5, 0.6) is 0 Å². The first-order valence-electron chi connectivity index (χ1n) is 9.80. The highest BCUT2D eigenvalue weighted by Gasteiger charge is 2.24. The summed E-state index contributed by atoms with van der Waals surface area (Å²) in [6, 6.07) is 11.5. The summed E-state index contributed by atoms with van der Waals surface area (Å²) in [5.41, 5.74) is 1.27. The van der Waals surface area contributed by atoms with Crippen LogP contribution in [0.4, 0.5) is 5.69 Å². The number of hydrogen-bond acceptors (Lipinski definition) is 5. The van der Waals surface area contributed by atoms with E-state index in [0.29, 0.717) is 24.2 Å². The van der Waals surface area contributed by atoms with Gasteiger partial charge in [-0.3, -0.25) is 13.9 Å². The average Bonchev–Trinajstić information content (AvgIpc) is 2.78. The Morgan fingerprint density at radius 2 is 1.94 bits per heavy atom. The van der Waals surface area contributed by atoms with Gasteiger partial charge in [0.25, 0.3) is 15.9 Å². The fourth-order valence-electron chi connectivity index (χ4n) is 3.29. The van der Waals surface area contributed by atoms with E-state index in [1.54, 1.807) is 12.1 Å². The van der Waals surface area contributed by atoms with E-state index < -0.39 is 21.4 Å². The molecule has 0 fully saturated rings. The van der Waals surface area contributed by atoms with Gasteiger partial charge in [0.1, 0.15) is 5.56 Å². The van der Waals surface area contributed by atoms with Crippen molar-refractivity contribution in [3.63, 3.8) is 0 Å². The summed E-state index contributed by atoms with van der Waals surface area (Å²) >= 11 is 0. The van der Waals surface area contributed by atoms with E-state index in [1.807, 2.05) is 19.1 Å². The standard InChI is InChI=1S/C22H25N3O5S/c1-4-15-7-5-6-8-20(15)25(2)31(28,29)16-9-10-19-17(13-16)21(26)18(14-24-19)22(27)23-11-12-30-3/h5-10,13-14H,4,11-12H2,1-3H3,(H,23,27)(H,24,26). The molecule has 0 spiro atoms. The minimum Gasteiger partial charge on any atom is -0.383 e. The van der Waals surface area contributed by atoms with Gasteiger partial charge in [-0.15, -0.1) is 0 Å². The van der Waals surface area contributed by atoms with E-state index in [1.165, 1.54) is 42.9 Å². The van der Waals surface area contributed by atoms with Crippen LogP contribution in [0.1, 0.15) is 22.8 Å². The third-order valence-corrected chi connectivity index (χ3v) is 6.83. The number of aryl methyl sites for hydroxylation is 1. The molecule has 0 aliphatic heterocycles. The highest BCUT2D eigenvalue weighted by atomic mass is 32.2. The summed E-state index contributed by atoms with van der Waals surface area (Å²) < 4.78 is 32.6. The number of sulfonamides is 1. The Morgan fingerprint density at radius 1 is 1.19 bits per heavy atom. The monoisotopic (exact) mass is 443 g/mol. The van der Waals surface area contributed by atoms with Gasteiger partial charge in [-0.1, -0.05) is 25.1 Å². The van der Waals surface area contributed by atoms with E-state index >= 15 is 0 Å². The molecule has 0 atom stereocenters. The van der Waals surface area contributed by atoms with Crippen molar-refractivity contribution in [2.24, 2.45) is 0 Å². The molecule has 0 unspecified atom stereocenters. The number of carbonyl (C=O) groups excluding carboxylic acids is 1. The Hall–Kier alpha value is -3.17. The van der Waals surface area contributed by atoms with Gasteiger partial charge >= 0.3 is 0 Å². The minimum atomic E-state index is -3.92. The van der Waals surface area contributed by atoms with Gasteiger partial charge < -0.3 is 15.0 Å². The molecule has 9 heteroatoms. The van der Waals surface area contributed by atoms with Gasteiger partial charge in [0, 0.05) is 37.8 Å². The van der Waals surface area contributed by atoms with E-state index in [0.717, 1.165) is 5.56 Å². The molecule has 0 radical (unpaired) electrons. The number of para-hydroxylation sites is 1. The van der Waals surface area contributed by atoms with Crippen LogP contribution < -0.4 is 15.1 Å². The maximum atomic E-state index is 13.3. The van der Waals surface area contributed by atoms with Crippen LogP contribution in [-0.4, -0.2) is 46.6 Å². The number of benzene rings is 2. The zero-order valence-corrected chi connectivity index (χ0v) is 18.5. The Bertz CT molecular complexity index is 1270. The van der Waals surface area contributed by atoms with Crippen LogP contribution in [0.2, 0.25) is 0 Å². The predicted octanol–water partition coefficient (Wildman–Crippen LogP) is 2.29. The topological polar surface area (TPSA) is 109 Å². The molecule has 8 nitrogen and oxygen atoms in total. The Kier molecular flexibility index (Phi) is 6.77. The van der Waals surface area contributed by atoms with Crippen LogP contribution in [0.15, 0.2) is 58.4 Å². The van der Waals surface area contributed by atoms with Crippen molar-refractivity contribution in [2.75, 3.05) is 31.6 Å². The zero-order valence-electron chi connectivity index (χ0n) is 17.6. The smallest absolute Gasteiger partial charge is 0.264 e. The number of nitrogens with one attached hydrogen (secondary N) is 2. The molecule has 1 heterocycles. The fourth-order valence-corrected chi connectivity index (χ4v) is 4.55. The summed E-state index contributed by atoms with van der Waals surface area (Å²) in [5, 5.41) is 2.72. The molecule has 0 aliphatic rings. The maximum absolute atomic E-state index is 13.3. The first-order valence-corrected chi connectivity index (χ1v) is 11.2. The van der Waals surface area contributed by atoms with Crippen molar-refractivity contribution in [3.05, 3.63) is 70.0 Å². The predicted molar refractivity (Wildman–Crippen MR) is 120 cm³/mol.